The number of methoxy groups -OCH3 is 1. The molecule has 7 rings (SSSR count). The summed E-state index contributed by atoms with van der Waals surface area (Å²) in [5.74, 6) is 1.81. The highest BCUT2D eigenvalue weighted by atomic mass is 19.1. The minimum atomic E-state index is -0.323. The van der Waals surface area contributed by atoms with Gasteiger partial charge in [0.2, 0.25) is 0 Å². The highest BCUT2D eigenvalue weighted by molar-refractivity contribution is 5.84. The van der Waals surface area contributed by atoms with E-state index in [4.69, 9.17) is 20.4 Å². The van der Waals surface area contributed by atoms with E-state index in [0.717, 1.165) is 57.4 Å². The normalized spacial score (nSPS) is 20.4. The molecule has 2 aromatic carbocycles. The van der Waals surface area contributed by atoms with Gasteiger partial charge in [-0.1, -0.05) is 24.3 Å². The molecule has 0 bridgehead atoms. The smallest absolute Gasteiger partial charge is 0.308 e. The van der Waals surface area contributed by atoms with Crippen molar-refractivity contribution in [3.8, 4) is 28.3 Å². The highest BCUT2D eigenvalue weighted by Crippen LogP contribution is 2.35. The van der Waals surface area contributed by atoms with Gasteiger partial charge in [-0.05, 0) is 105 Å². The van der Waals surface area contributed by atoms with Crippen LogP contribution in [0.5, 0.6) is 0 Å². The fourth-order valence-corrected chi connectivity index (χ4v) is 7.09. The number of nitrogen functional groups attached to an aromatic ring is 1. The zero-order chi connectivity index (χ0) is 30.9. The number of likely N-dealkylation sites (tertiary alicyclic amines) is 1. The Balaban J connectivity index is 1.15. The van der Waals surface area contributed by atoms with Crippen LogP contribution >= 0.6 is 0 Å². The van der Waals surface area contributed by atoms with Crippen LogP contribution in [-0.2, 0) is 9.53 Å². The summed E-state index contributed by atoms with van der Waals surface area (Å²) in [7, 11) is 1.49. The first-order valence-corrected chi connectivity index (χ1v) is 15.7. The molecule has 2 fully saturated rings. The van der Waals surface area contributed by atoms with Gasteiger partial charge in [0.25, 0.3) is 0 Å². The molecule has 3 aromatic heterocycles. The van der Waals surface area contributed by atoms with E-state index in [2.05, 4.69) is 34.1 Å². The fourth-order valence-electron chi connectivity index (χ4n) is 7.09. The van der Waals surface area contributed by atoms with E-state index in [1.54, 1.807) is 24.4 Å². The Morgan fingerprint density at radius 3 is 2.47 bits per heavy atom. The average Bonchev–Trinajstić information content (AvgIpc) is 3.70. The number of aromatic nitrogens is 4. The van der Waals surface area contributed by atoms with Gasteiger partial charge >= 0.3 is 5.97 Å². The number of anilines is 1. The lowest BCUT2D eigenvalue weighted by Gasteiger charge is -2.30. The van der Waals surface area contributed by atoms with E-state index in [1.165, 1.54) is 18.7 Å². The molecule has 2 aliphatic rings. The standard InChI is InChI=1S/C36H37FN6O2/c1-45-36(44)25-10-8-23(9-11-25)21-42-20-18-26(22-42)24-12-14-27(15-13-24)43-34(29-6-4-19-39-33(29)38)41-32-17-16-31(40-35(32)43)28-5-2-3-7-30(28)37/h2-7,12-17,19,23,25-26H,8-11,18,20-22H2,1H3,(H2,38,39)/t23-,25-,26-/m1/s1. The Kier molecular flexibility index (Phi) is 8.02. The van der Waals surface area contributed by atoms with Crippen molar-refractivity contribution in [2.45, 2.75) is 38.0 Å². The summed E-state index contributed by atoms with van der Waals surface area (Å²) in [4.78, 5) is 28.6. The Morgan fingerprint density at radius 1 is 0.933 bits per heavy atom. The number of pyridine rings is 2. The summed E-state index contributed by atoms with van der Waals surface area (Å²) < 4.78 is 21.7. The van der Waals surface area contributed by atoms with E-state index >= 15 is 0 Å². The quantitative estimate of drug-likeness (QED) is 0.208. The fraction of sp³-hybridized carbons (Fsp3) is 0.333. The number of rotatable bonds is 7. The molecule has 1 atom stereocenters. The molecule has 2 N–H and O–H groups in total. The molecule has 4 heterocycles. The number of imidazole rings is 1. The number of benzene rings is 2. The second kappa shape index (κ2) is 12.4. The summed E-state index contributed by atoms with van der Waals surface area (Å²) in [5.41, 5.74) is 11.5. The molecule has 9 heteroatoms. The molecule has 0 spiro atoms. The molecule has 5 aromatic rings. The Labute approximate surface area is 262 Å². The SMILES string of the molecule is COC(=O)[C@H]1CC[C@H](CN2CC[C@@H](c3ccc(-n4c(-c5cccnc5N)nc5ccc(-c6ccccc6F)nc54)cc3)C2)CC1. The molecule has 1 aliphatic carbocycles. The zero-order valence-corrected chi connectivity index (χ0v) is 25.4. The van der Waals surface area contributed by atoms with Gasteiger partial charge in [0.05, 0.1) is 24.3 Å². The Hall–Kier alpha value is -4.63. The van der Waals surface area contributed by atoms with Gasteiger partial charge in [-0.15, -0.1) is 0 Å². The number of esters is 1. The van der Waals surface area contributed by atoms with Crippen LogP contribution in [0.3, 0.4) is 0 Å². The van der Waals surface area contributed by atoms with Crippen LogP contribution in [0.2, 0.25) is 0 Å². The topological polar surface area (TPSA) is 99.2 Å². The minimum absolute atomic E-state index is 0.0563. The molecule has 8 nitrogen and oxygen atoms in total. The summed E-state index contributed by atoms with van der Waals surface area (Å²) in [6.07, 6.45) is 6.82. The van der Waals surface area contributed by atoms with Crippen molar-refractivity contribution in [2.24, 2.45) is 11.8 Å². The predicted octanol–water partition coefficient (Wildman–Crippen LogP) is 6.64. The molecule has 1 saturated heterocycles. The third-order valence-corrected chi connectivity index (χ3v) is 9.53. The van der Waals surface area contributed by atoms with Crippen LogP contribution < -0.4 is 5.73 Å². The van der Waals surface area contributed by atoms with Crippen molar-refractivity contribution < 1.29 is 13.9 Å². The molecule has 0 radical (unpaired) electrons. The number of carbonyl (C=O) groups is 1. The van der Waals surface area contributed by atoms with Gasteiger partial charge in [-0.3, -0.25) is 9.36 Å². The summed E-state index contributed by atoms with van der Waals surface area (Å²) in [6, 6.07) is 22.7. The van der Waals surface area contributed by atoms with Crippen molar-refractivity contribution in [1.82, 2.24) is 24.4 Å². The maximum absolute atomic E-state index is 14.7. The highest BCUT2D eigenvalue weighted by Gasteiger charge is 2.31. The molecule has 0 amide bonds. The minimum Gasteiger partial charge on any atom is -0.469 e. The molecular weight excluding hydrogens is 567 g/mol. The first-order valence-electron chi connectivity index (χ1n) is 15.7. The van der Waals surface area contributed by atoms with Crippen molar-refractivity contribution in [3.05, 3.63) is 90.4 Å². The molecule has 45 heavy (non-hydrogen) atoms. The number of ether oxygens (including phenoxy) is 1. The van der Waals surface area contributed by atoms with Gasteiger partial charge in [-0.2, -0.15) is 0 Å². The van der Waals surface area contributed by atoms with Crippen LogP contribution in [0.1, 0.15) is 43.6 Å². The lowest BCUT2D eigenvalue weighted by atomic mass is 9.82. The number of halogens is 1. The number of fused-ring (bicyclic) bond motifs is 1. The average molecular weight is 605 g/mol. The molecule has 0 unspecified atom stereocenters. The maximum Gasteiger partial charge on any atom is 0.308 e. The van der Waals surface area contributed by atoms with Crippen molar-refractivity contribution in [1.29, 1.82) is 0 Å². The largest absolute Gasteiger partial charge is 0.469 e. The van der Waals surface area contributed by atoms with Gasteiger partial charge < -0.3 is 15.4 Å². The third kappa shape index (κ3) is 5.80. The van der Waals surface area contributed by atoms with Crippen molar-refractivity contribution in [3.63, 3.8) is 0 Å². The summed E-state index contributed by atoms with van der Waals surface area (Å²) >= 11 is 0. The lowest BCUT2D eigenvalue weighted by Crippen LogP contribution is -2.31. The van der Waals surface area contributed by atoms with Crippen LogP contribution in [-0.4, -0.2) is 57.1 Å². The van der Waals surface area contributed by atoms with E-state index in [1.807, 2.05) is 28.8 Å². The molecule has 1 saturated carbocycles. The first kappa shape index (κ1) is 29.1. The molecule has 1 aliphatic heterocycles. The number of hydrogen-bond acceptors (Lipinski definition) is 7. The third-order valence-electron chi connectivity index (χ3n) is 9.53. The van der Waals surface area contributed by atoms with Crippen molar-refractivity contribution in [2.75, 3.05) is 32.5 Å². The van der Waals surface area contributed by atoms with E-state index in [-0.39, 0.29) is 17.7 Å². The van der Waals surface area contributed by atoms with E-state index in [9.17, 15) is 9.18 Å². The van der Waals surface area contributed by atoms with Crippen LogP contribution in [0.4, 0.5) is 10.2 Å². The van der Waals surface area contributed by atoms with Gasteiger partial charge in [0.1, 0.15) is 17.2 Å². The van der Waals surface area contributed by atoms with Crippen LogP contribution in [0, 0.1) is 17.7 Å². The zero-order valence-electron chi connectivity index (χ0n) is 25.4. The van der Waals surface area contributed by atoms with Crippen LogP contribution in [0.25, 0.3) is 39.5 Å². The summed E-state index contributed by atoms with van der Waals surface area (Å²) in [5, 5.41) is 0. The summed E-state index contributed by atoms with van der Waals surface area (Å²) in [6.45, 7) is 3.22. The number of carbonyl (C=O) groups excluding carboxylic acids is 1. The van der Waals surface area contributed by atoms with E-state index in [0.29, 0.717) is 51.5 Å². The van der Waals surface area contributed by atoms with Gasteiger partial charge in [0.15, 0.2) is 11.5 Å². The van der Waals surface area contributed by atoms with E-state index < -0.39 is 0 Å². The predicted molar refractivity (Wildman–Crippen MR) is 173 cm³/mol. The Morgan fingerprint density at radius 2 is 1.71 bits per heavy atom. The number of nitrogens with zero attached hydrogens (tertiary/aromatic N) is 5. The van der Waals surface area contributed by atoms with Crippen LogP contribution in [0.15, 0.2) is 79.0 Å². The van der Waals surface area contributed by atoms with Gasteiger partial charge in [0, 0.05) is 30.5 Å². The van der Waals surface area contributed by atoms with Crippen molar-refractivity contribution >= 4 is 23.0 Å². The first-order chi connectivity index (χ1) is 22.0. The maximum atomic E-state index is 14.7. The second-order valence-electron chi connectivity index (χ2n) is 12.3. The molecular formula is C36H37FN6O2. The number of hydrogen-bond donors (Lipinski definition) is 1. The monoisotopic (exact) mass is 604 g/mol. The molecule has 230 valence electrons. The second-order valence-corrected chi connectivity index (χ2v) is 12.3. The number of nitrogens with two attached hydrogens (primary N) is 1. The Bertz CT molecular complexity index is 1830. The lowest BCUT2D eigenvalue weighted by molar-refractivity contribution is -0.146. The van der Waals surface area contributed by atoms with Gasteiger partial charge in [-0.25, -0.2) is 19.3 Å².